The number of hydrogen-bond acceptors (Lipinski definition) is 11. The number of rotatable bonds is 7. The third-order valence-electron chi connectivity index (χ3n) is 8.80. The first kappa shape index (κ1) is 30.5. The second-order valence-corrected chi connectivity index (χ2v) is 15.7. The molecule has 12 nitrogen and oxygen atoms in total. The van der Waals surface area contributed by atoms with Gasteiger partial charge in [0.25, 0.3) is 5.91 Å². The van der Waals surface area contributed by atoms with Crippen molar-refractivity contribution in [1.29, 1.82) is 0 Å². The van der Waals surface area contributed by atoms with Gasteiger partial charge >= 0.3 is 0 Å². The lowest BCUT2D eigenvalue weighted by Gasteiger charge is -2.31. The monoisotopic (exact) mass is 705 g/mol. The SMILES string of the molecule is Cc1cc2ncc(-c3nc4c(s3)c(C(N)=O)nn4CC(=O)N3CCCOC[C@H]3C(=S)NC3CCC(c4cc5ccsc5s4)C3)cn2n1. The van der Waals surface area contributed by atoms with Crippen LogP contribution in [0.1, 0.15) is 52.7 Å². The van der Waals surface area contributed by atoms with Gasteiger partial charge in [0.1, 0.15) is 27.3 Å². The molecule has 0 bridgehead atoms. The van der Waals surface area contributed by atoms with Crippen LogP contribution in [0.3, 0.4) is 0 Å². The lowest BCUT2D eigenvalue weighted by Crippen LogP contribution is -2.53. The van der Waals surface area contributed by atoms with E-state index in [1.165, 1.54) is 30.3 Å². The van der Waals surface area contributed by atoms with E-state index in [4.69, 9.17) is 27.7 Å². The largest absolute Gasteiger partial charge is 0.379 e. The molecule has 0 spiro atoms. The average molecular weight is 706 g/mol. The van der Waals surface area contributed by atoms with Gasteiger partial charge in [0.15, 0.2) is 17.0 Å². The van der Waals surface area contributed by atoms with Crippen LogP contribution >= 0.6 is 46.2 Å². The first-order valence-corrected chi connectivity index (χ1v) is 18.4. The van der Waals surface area contributed by atoms with Gasteiger partial charge in [-0.25, -0.2) is 19.2 Å². The van der Waals surface area contributed by atoms with E-state index >= 15 is 0 Å². The van der Waals surface area contributed by atoms with E-state index in [9.17, 15) is 9.59 Å². The molecule has 2 fully saturated rings. The van der Waals surface area contributed by atoms with E-state index in [2.05, 4.69) is 38.0 Å². The highest BCUT2D eigenvalue weighted by molar-refractivity contribution is 7.80. The first-order chi connectivity index (χ1) is 22.8. The number of fused-ring (bicyclic) bond motifs is 3. The number of nitrogens with one attached hydrogen (secondary N) is 1. The molecule has 6 aromatic rings. The molecule has 47 heavy (non-hydrogen) atoms. The highest BCUT2D eigenvalue weighted by atomic mass is 32.2. The van der Waals surface area contributed by atoms with Gasteiger partial charge in [-0.1, -0.05) is 12.2 Å². The van der Waals surface area contributed by atoms with Crippen molar-refractivity contribution in [3.8, 4) is 10.6 Å². The third kappa shape index (κ3) is 5.82. The summed E-state index contributed by atoms with van der Waals surface area (Å²) < 4.78 is 11.0. The van der Waals surface area contributed by atoms with Crippen molar-refractivity contribution in [1.82, 2.24) is 39.6 Å². The number of aryl methyl sites for hydroxylation is 1. The Kier molecular flexibility index (Phi) is 7.99. The Balaban J connectivity index is 1.01. The molecule has 0 aromatic carbocycles. The number of hydrogen-bond donors (Lipinski definition) is 2. The number of nitrogens with two attached hydrogens (primary N) is 1. The Hall–Kier alpha value is -3.83. The van der Waals surface area contributed by atoms with Crippen molar-refractivity contribution in [2.75, 3.05) is 19.8 Å². The predicted molar refractivity (Wildman–Crippen MR) is 187 cm³/mol. The topological polar surface area (TPSA) is 146 Å². The summed E-state index contributed by atoms with van der Waals surface area (Å²) in [6.07, 6.45) is 7.38. The van der Waals surface area contributed by atoms with Crippen molar-refractivity contribution in [2.24, 2.45) is 5.73 Å². The Labute approximate surface area is 286 Å². The summed E-state index contributed by atoms with van der Waals surface area (Å²) in [5.74, 6) is -0.358. The van der Waals surface area contributed by atoms with E-state index in [0.717, 1.165) is 36.2 Å². The number of amides is 2. The number of thiophene rings is 2. The zero-order chi connectivity index (χ0) is 32.2. The minimum absolute atomic E-state index is 0.0785. The minimum Gasteiger partial charge on any atom is -0.379 e. The summed E-state index contributed by atoms with van der Waals surface area (Å²) in [5, 5.41) is 16.6. The van der Waals surface area contributed by atoms with Crippen LogP contribution in [0, 0.1) is 6.92 Å². The van der Waals surface area contributed by atoms with E-state index in [1.807, 2.05) is 30.5 Å². The summed E-state index contributed by atoms with van der Waals surface area (Å²) in [7, 11) is 0. The Morgan fingerprint density at radius 1 is 1.21 bits per heavy atom. The van der Waals surface area contributed by atoms with Crippen LogP contribution in [-0.4, -0.2) is 82.9 Å². The molecular formula is C31H31N9O3S4. The van der Waals surface area contributed by atoms with Gasteiger partial charge < -0.3 is 20.7 Å². The third-order valence-corrected chi connectivity index (χ3v) is 12.7. The summed E-state index contributed by atoms with van der Waals surface area (Å²) in [6.45, 7) is 3.14. The standard InChI is InChI=1S/C31H31N9O3S4/c1-16-9-23-33-12-19(13-39(23)36-16)30-35-28-26(47-30)25(27(32)42)37-40(28)14-24(41)38-6-2-7-43-15-21(38)29(44)34-20-4-3-17(10-20)22-11-18-5-8-45-31(18)46-22/h5,8-9,11-13,17,20-21H,2-4,6-7,10,14-15H2,1H3,(H2,32,42)(H,34,44)/t17?,20?,21-/m0/s1. The fraction of sp³-hybridized carbons (Fsp3) is 0.387. The van der Waals surface area contributed by atoms with Crippen LogP contribution in [-0.2, 0) is 16.1 Å². The van der Waals surface area contributed by atoms with Gasteiger partial charge in [0, 0.05) is 53.5 Å². The number of thiocarbonyl (C=S) groups is 1. The molecule has 2 amide bonds. The maximum atomic E-state index is 14.0. The van der Waals surface area contributed by atoms with Crippen LogP contribution in [0.4, 0.5) is 0 Å². The van der Waals surface area contributed by atoms with Gasteiger partial charge in [0.05, 0.1) is 16.3 Å². The molecule has 3 N–H and O–H groups in total. The highest BCUT2D eigenvalue weighted by Crippen LogP contribution is 2.42. The number of carbonyl (C=O) groups is 2. The Bertz CT molecular complexity index is 2130. The molecule has 6 aromatic heterocycles. The number of carbonyl (C=O) groups excluding carboxylic acids is 2. The molecule has 0 radical (unpaired) electrons. The average Bonchev–Trinajstić information content (AvgIpc) is 3.87. The number of primary amides is 1. The zero-order valence-corrected chi connectivity index (χ0v) is 28.7. The van der Waals surface area contributed by atoms with Crippen LogP contribution in [0.15, 0.2) is 36.0 Å². The predicted octanol–water partition coefficient (Wildman–Crippen LogP) is 4.76. The maximum Gasteiger partial charge on any atom is 0.270 e. The zero-order valence-electron chi connectivity index (χ0n) is 25.4. The van der Waals surface area contributed by atoms with Gasteiger partial charge in [0.2, 0.25) is 5.91 Å². The fourth-order valence-electron chi connectivity index (χ4n) is 6.52. The normalized spacial score (nSPS) is 20.4. The van der Waals surface area contributed by atoms with Crippen molar-refractivity contribution in [3.63, 3.8) is 0 Å². The molecule has 242 valence electrons. The summed E-state index contributed by atoms with van der Waals surface area (Å²) in [4.78, 5) is 39.5. The van der Waals surface area contributed by atoms with E-state index in [1.54, 1.807) is 26.9 Å². The lowest BCUT2D eigenvalue weighted by molar-refractivity contribution is -0.133. The fourth-order valence-corrected chi connectivity index (χ4v) is 10.2. The van der Waals surface area contributed by atoms with E-state index in [-0.39, 0.29) is 24.2 Å². The van der Waals surface area contributed by atoms with Crippen LogP contribution in [0.25, 0.3) is 36.0 Å². The second kappa shape index (κ2) is 12.3. The quantitative estimate of drug-likeness (QED) is 0.225. The minimum atomic E-state index is -0.684. The molecule has 16 heteroatoms. The Morgan fingerprint density at radius 3 is 2.96 bits per heavy atom. The van der Waals surface area contributed by atoms with Gasteiger partial charge in [-0.2, -0.15) is 10.2 Å². The lowest BCUT2D eigenvalue weighted by atomic mass is 10.1. The summed E-state index contributed by atoms with van der Waals surface area (Å²) in [6, 6.07) is 6.24. The first-order valence-electron chi connectivity index (χ1n) is 15.4. The smallest absolute Gasteiger partial charge is 0.270 e. The molecule has 1 saturated carbocycles. The maximum absolute atomic E-state index is 14.0. The number of thiazole rings is 1. The van der Waals surface area contributed by atoms with Crippen molar-refractivity contribution in [3.05, 3.63) is 52.2 Å². The molecule has 1 saturated heterocycles. The van der Waals surface area contributed by atoms with E-state index < -0.39 is 11.9 Å². The van der Waals surface area contributed by atoms with Crippen molar-refractivity contribution < 1.29 is 14.3 Å². The molecule has 2 aliphatic rings. The second-order valence-electron chi connectivity index (χ2n) is 12.0. The molecule has 8 rings (SSSR count). The van der Waals surface area contributed by atoms with Crippen LogP contribution in [0.5, 0.6) is 0 Å². The van der Waals surface area contributed by atoms with Gasteiger partial charge in [-0.05, 0) is 56.0 Å². The van der Waals surface area contributed by atoms with Crippen molar-refractivity contribution >= 4 is 88.4 Å². The highest BCUT2D eigenvalue weighted by Gasteiger charge is 2.34. The number of aromatic nitrogens is 6. The molecule has 2 unspecified atom stereocenters. The summed E-state index contributed by atoms with van der Waals surface area (Å²) in [5.41, 5.74) is 8.51. The number of ether oxygens (including phenoxy) is 1. The van der Waals surface area contributed by atoms with E-state index in [0.29, 0.717) is 52.4 Å². The van der Waals surface area contributed by atoms with Gasteiger partial charge in [-0.15, -0.1) is 34.0 Å². The molecule has 1 aliphatic carbocycles. The number of nitrogens with zero attached hydrogens (tertiary/aromatic N) is 7. The molecular weight excluding hydrogens is 675 g/mol. The van der Waals surface area contributed by atoms with Crippen molar-refractivity contribution in [2.45, 2.75) is 57.2 Å². The molecule has 7 heterocycles. The molecule has 3 atom stereocenters. The van der Waals surface area contributed by atoms with Crippen LogP contribution < -0.4 is 11.1 Å². The van der Waals surface area contributed by atoms with Gasteiger partial charge in [-0.3, -0.25) is 9.59 Å². The summed E-state index contributed by atoms with van der Waals surface area (Å²) >= 11 is 10.9. The molecule has 1 aliphatic heterocycles. The van der Waals surface area contributed by atoms with Crippen LogP contribution in [0.2, 0.25) is 0 Å². The Morgan fingerprint density at radius 2 is 2.11 bits per heavy atom.